The smallest absolute Gasteiger partial charge is 0.244 e. The average Bonchev–Trinajstić information content (AvgIpc) is 2.52. The minimum absolute atomic E-state index is 0.0524. The lowest BCUT2D eigenvalue weighted by atomic mass is 10.2. The fourth-order valence-corrected chi connectivity index (χ4v) is 2.54. The van der Waals surface area contributed by atoms with Gasteiger partial charge in [-0.2, -0.15) is 0 Å². The van der Waals surface area contributed by atoms with Crippen LogP contribution < -0.4 is 5.32 Å². The number of thioether (sulfide) groups is 1. The molecule has 0 spiro atoms. The Morgan fingerprint density at radius 2 is 1.81 bits per heavy atom. The van der Waals surface area contributed by atoms with Crippen LogP contribution in [0.5, 0.6) is 0 Å². The van der Waals surface area contributed by atoms with Crippen LogP contribution in [0.25, 0.3) is 6.08 Å². The molecule has 21 heavy (non-hydrogen) atoms. The monoisotopic (exact) mass is 297 g/mol. The molecule has 0 heterocycles. The molecule has 0 aliphatic heterocycles. The Labute approximate surface area is 130 Å². The summed E-state index contributed by atoms with van der Waals surface area (Å²) >= 11 is 1.75. The maximum Gasteiger partial charge on any atom is 0.244 e. The fourth-order valence-electron chi connectivity index (χ4n) is 1.77. The van der Waals surface area contributed by atoms with Crippen LogP contribution in [0.1, 0.15) is 11.1 Å². The first-order chi connectivity index (χ1) is 10.2. The van der Waals surface area contributed by atoms with Gasteiger partial charge in [0.1, 0.15) is 0 Å². The first kappa shape index (κ1) is 15.4. The molecule has 0 aromatic heterocycles. The van der Waals surface area contributed by atoms with Gasteiger partial charge in [-0.15, -0.1) is 11.8 Å². The molecule has 1 amide bonds. The summed E-state index contributed by atoms with van der Waals surface area (Å²) in [4.78, 5) is 12.9. The largest absolute Gasteiger partial charge is 0.352 e. The molecule has 0 saturated heterocycles. The number of amides is 1. The molecule has 108 valence electrons. The topological polar surface area (TPSA) is 29.1 Å². The summed E-state index contributed by atoms with van der Waals surface area (Å²) in [6.45, 7) is 2.74. The second kappa shape index (κ2) is 8.32. The Morgan fingerprint density at radius 3 is 2.52 bits per heavy atom. The molecule has 0 saturated carbocycles. The number of nitrogens with one attached hydrogen (secondary N) is 1. The van der Waals surface area contributed by atoms with Crippen LogP contribution in [0.4, 0.5) is 0 Å². The Hall–Kier alpha value is -2.00. The standard InChI is InChI=1S/C18H19NOS/c1-15-7-10-17(11-8-15)21-14-13-19-18(20)12-9-16-5-3-2-4-6-16/h2-12H,13-14H2,1H3,(H,19,20)/b12-9+. The van der Waals surface area contributed by atoms with Gasteiger partial charge in [0, 0.05) is 23.3 Å². The zero-order chi connectivity index (χ0) is 14.9. The van der Waals surface area contributed by atoms with Crippen LogP contribution in [0.3, 0.4) is 0 Å². The van der Waals surface area contributed by atoms with E-state index >= 15 is 0 Å². The van der Waals surface area contributed by atoms with Crippen molar-refractivity contribution in [3.05, 3.63) is 71.8 Å². The second-order valence-electron chi connectivity index (χ2n) is 4.70. The summed E-state index contributed by atoms with van der Waals surface area (Å²) in [7, 11) is 0. The normalized spacial score (nSPS) is 10.7. The van der Waals surface area contributed by atoms with Crippen molar-refractivity contribution in [2.24, 2.45) is 0 Å². The predicted octanol–water partition coefficient (Wildman–Crippen LogP) is 3.92. The van der Waals surface area contributed by atoms with Gasteiger partial charge in [0.2, 0.25) is 5.91 Å². The molecule has 3 heteroatoms. The Morgan fingerprint density at radius 1 is 1.10 bits per heavy atom. The average molecular weight is 297 g/mol. The van der Waals surface area contributed by atoms with Crippen LogP contribution in [0.15, 0.2) is 65.6 Å². The van der Waals surface area contributed by atoms with Crippen LogP contribution in [-0.2, 0) is 4.79 Å². The first-order valence-electron chi connectivity index (χ1n) is 6.94. The molecule has 2 nitrogen and oxygen atoms in total. The molecule has 1 N–H and O–H groups in total. The lowest BCUT2D eigenvalue weighted by molar-refractivity contribution is -0.116. The van der Waals surface area contributed by atoms with Gasteiger partial charge < -0.3 is 5.32 Å². The van der Waals surface area contributed by atoms with E-state index in [0.717, 1.165) is 11.3 Å². The summed E-state index contributed by atoms with van der Waals surface area (Å²) in [5, 5.41) is 2.89. The Kier molecular flexibility index (Phi) is 6.10. The van der Waals surface area contributed by atoms with Gasteiger partial charge in [-0.05, 0) is 30.7 Å². The number of rotatable bonds is 6. The quantitative estimate of drug-likeness (QED) is 0.497. The number of hydrogen-bond donors (Lipinski definition) is 1. The van der Waals surface area contributed by atoms with E-state index in [-0.39, 0.29) is 5.91 Å². The molecule has 0 atom stereocenters. The maximum atomic E-state index is 11.7. The van der Waals surface area contributed by atoms with Crippen molar-refractivity contribution in [1.82, 2.24) is 5.32 Å². The maximum absolute atomic E-state index is 11.7. The Balaban J connectivity index is 1.67. The number of benzene rings is 2. The summed E-state index contributed by atoms with van der Waals surface area (Å²) in [5.41, 5.74) is 2.29. The zero-order valence-corrected chi connectivity index (χ0v) is 12.9. The van der Waals surface area contributed by atoms with E-state index in [9.17, 15) is 4.79 Å². The van der Waals surface area contributed by atoms with Crippen LogP contribution in [0, 0.1) is 6.92 Å². The van der Waals surface area contributed by atoms with E-state index in [1.54, 1.807) is 17.8 Å². The SMILES string of the molecule is Cc1ccc(SCCNC(=O)/C=C/c2ccccc2)cc1. The van der Waals surface area contributed by atoms with Gasteiger partial charge in [0.05, 0.1) is 0 Å². The van der Waals surface area contributed by atoms with Crippen LogP contribution in [-0.4, -0.2) is 18.2 Å². The fraction of sp³-hybridized carbons (Fsp3) is 0.167. The van der Waals surface area contributed by atoms with Gasteiger partial charge in [0.25, 0.3) is 0 Å². The van der Waals surface area contributed by atoms with E-state index in [1.807, 2.05) is 36.4 Å². The van der Waals surface area contributed by atoms with Crippen molar-refractivity contribution in [1.29, 1.82) is 0 Å². The van der Waals surface area contributed by atoms with Crippen LogP contribution in [0.2, 0.25) is 0 Å². The number of hydrogen-bond acceptors (Lipinski definition) is 2. The van der Waals surface area contributed by atoms with E-state index in [0.29, 0.717) is 6.54 Å². The molecule has 0 aliphatic carbocycles. The summed E-state index contributed by atoms with van der Waals surface area (Å²) in [6, 6.07) is 18.2. The lowest BCUT2D eigenvalue weighted by Gasteiger charge is -2.03. The highest BCUT2D eigenvalue weighted by Gasteiger charge is 1.97. The number of aryl methyl sites for hydroxylation is 1. The highest BCUT2D eigenvalue weighted by molar-refractivity contribution is 7.99. The van der Waals surface area contributed by atoms with Gasteiger partial charge in [-0.3, -0.25) is 4.79 Å². The summed E-state index contributed by atoms with van der Waals surface area (Å²) < 4.78 is 0. The molecular weight excluding hydrogens is 278 g/mol. The molecule has 2 aromatic carbocycles. The van der Waals surface area contributed by atoms with Crippen molar-refractivity contribution in [3.8, 4) is 0 Å². The molecule has 0 radical (unpaired) electrons. The van der Waals surface area contributed by atoms with Crippen LogP contribution >= 0.6 is 11.8 Å². The van der Waals surface area contributed by atoms with Crippen molar-refractivity contribution in [3.63, 3.8) is 0 Å². The minimum atomic E-state index is -0.0524. The van der Waals surface area contributed by atoms with Crippen molar-refractivity contribution in [2.45, 2.75) is 11.8 Å². The third kappa shape index (κ3) is 5.88. The molecular formula is C18H19NOS. The summed E-state index contributed by atoms with van der Waals surface area (Å²) in [6.07, 6.45) is 3.40. The second-order valence-corrected chi connectivity index (χ2v) is 5.86. The highest BCUT2D eigenvalue weighted by Crippen LogP contribution is 2.17. The Bertz CT molecular complexity index is 590. The van der Waals surface area contributed by atoms with E-state index in [1.165, 1.54) is 10.5 Å². The van der Waals surface area contributed by atoms with Crippen molar-refractivity contribution < 1.29 is 4.79 Å². The predicted molar refractivity (Wildman–Crippen MR) is 90.4 cm³/mol. The third-order valence-corrected chi connectivity index (χ3v) is 3.93. The minimum Gasteiger partial charge on any atom is -0.352 e. The molecule has 0 bridgehead atoms. The van der Waals surface area contributed by atoms with Crippen molar-refractivity contribution >= 4 is 23.7 Å². The molecule has 0 unspecified atom stereocenters. The first-order valence-corrected chi connectivity index (χ1v) is 7.93. The molecule has 2 rings (SSSR count). The summed E-state index contributed by atoms with van der Waals surface area (Å²) in [5.74, 6) is 0.817. The van der Waals surface area contributed by atoms with E-state index in [2.05, 4.69) is 36.5 Å². The zero-order valence-electron chi connectivity index (χ0n) is 12.1. The third-order valence-electron chi connectivity index (χ3n) is 2.92. The van der Waals surface area contributed by atoms with Gasteiger partial charge in [0.15, 0.2) is 0 Å². The lowest BCUT2D eigenvalue weighted by Crippen LogP contribution is -2.23. The van der Waals surface area contributed by atoms with E-state index < -0.39 is 0 Å². The van der Waals surface area contributed by atoms with Gasteiger partial charge in [-0.1, -0.05) is 48.0 Å². The molecule has 2 aromatic rings. The molecule has 0 aliphatic rings. The van der Waals surface area contributed by atoms with Gasteiger partial charge >= 0.3 is 0 Å². The number of carbonyl (C=O) groups excluding carboxylic acids is 1. The van der Waals surface area contributed by atoms with E-state index in [4.69, 9.17) is 0 Å². The van der Waals surface area contributed by atoms with Crippen molar-refractivity contribution in [2.75, 3.05) is 12.3 Å². The van der Waals surface area contributed by atoms with Gasteiger partial charge in [-0.25, -0.2) is 0 Å². The molecule has 0 fully saturated rings. The number of carbonyl (C=O) groups is 1. The highest BCUT2D eigenvalue weighted by atomic mass is 32.2.